The second-order valence-electron chi connectivity index (χ2n) is 6.45. The van der Waals surface area contributed by atoms with Crippen LogP contribution in [-0.4, -0.2) is 54.2 Å². The van der Waals surface area contributed by atoms with E-state index in [1.165, 1.54) is 16.9 Å². The number of hydrogen-bond donors (Lipinski definition) is 0. The Labute approximate surface area is 162 Å². The predicted molar refractivity (Wildman–Crippen MR) is 104 cm³/mol. The highest BCUT2D eigenvalue weighted by molar-refractivity contribution is 7.15. The highest BCUT2D eigenvalue weighted by atomic mass is 35.5. The van der Waals surface area contributed by atoms with Gasteiger partial charge in [0.1, 0.15) is 16.5 Å². The van der Waals surface area contributed by atoms with Crippen molar-refractivity contribution in [2.75, 3.05) is 38.2 Å². The van der Waals surface area contributed by atoms with Gasteiger partial charge in [0.15, 0.2) is 0 Å². The van der Waals surface area contributed by atoms with Gasteiger partial charge in [0, 0.05) is 32.2 Å². The topological polar surface area (TPSA) is 58.6 Å². The number of halogens is 1. The van der Waals surface area contributed by atoms with Gasteiger partial charge in [0.05, 0.1) is 18.6 Å². The van der Waals surface area contributed by atoms with E-state index in [0.29, 0.717) is 17.2 Å². The summed E-state index contributed by atoms with van der Waals surface area (Å²) in [5.74, 6) is 0.825. The molecule has 1 aromatic heterocycles. The molecule has 0 spiro atoms. The average Bonchev–Trinajstić information content (AvgIpc) is 3.09. The molecule has 2 aromatic rings. The lowest BCUT2D eigenvalue weighted by Gasteiger charge is -2.38. The molecule has 1 aromatic carbocycles. The third-order valence-electron chi connectivity index (χ3n) is 4.65. The van der Waals surface area contributed by atoms with Gasteiger partial charge in [-0.15, -0.1) is 10.2 Å². The summed E-state index contributed by atoms with van der Waals surface area (Å²) in [5, 5.41) is 10.7. The predicted octanol–water partition coefficient (Wildman–Crippen LogP) is 3.21. The number of carbonyl (C=O) groups is 1. The van der Waals surface area contributed by atoms with Crippen LogP contribution >= 0.6 is 22.9 Å². The van der Waals surface area contributed by atoms with E-state index in [9.17, 15) is 4.79 Å². The van der Waals surface area contributed by atoms with E-state index in [1.807, 2.05) is 12.1 Å². The first-order chi connectivity index (χ1) is 12.5. The van der Waals surface area contributed by atoms with Crippen molar-refractivity contribution in [2.24, 2.45) is 0 Å². The molecule has 140 valence electrons. The lowest BCUT2D eigenvalue weighted by molar-refractivity contribution is -0.116. The lowest BCUT2D eigenvalue weighted by Crippen LogP contribution is -2.47. The first-order valence-electron chi connectivity index (χ1n) is 8.62. The Morgan fingerprint density at radius 1 is 1.31 bits per heavy atom. The van der Waals surface area contributed by atoms with Gasteiger partial charge in [-0.3, -0.25) is 9.69 Å². The number of carbonyl (C=O) groups excluding carboxylic acids is 1. The number of anilines is 1. The monoisotopic (exact) mass is 394 g/mol. The molecule has 1 fully saturated rings. The molecule has 0 aliphatic carbocycles. The number of ketones is 1. The number of piperazine rings is 1. The Morgan fingerprint density at radius 2 is 2.04 bits per heavy atom. The van der Waals surface area contributed by atoms with E-state index in [4.69, 9.17) is 16.3 Å². The molecule has 1 unspecified atom stereocenters. The fourth-order valence-electron chi connectivity index (χ4n) is 3.10. The molecular weight excluding hydrogens is 372 g/mol. The molecule has 3 rings (SSSR count). The van der Waals surface area contributed by atoms with E-state index >= 15 is 0 Å². The van der Waals surface area contributed by atoms with Crippen molar-refractivity contribution < 1.29 is 9.53 Å². The zero-order chi connectivity index (χ0) is 18.7. The van der Waals surface area contributed by atoms with Crippen LogP contribution in [0.2, 0.25) is 5.02 Å². The van der Waals surface area contributed by atoms with Crippen LogP contribution in [0, 0.1) is 0 Å². The highest BCUT2D eigenvalue weighted by Gasteiger charge is 2.24. The van der Waals surface area contributed by atoms with Gasteiger partial charge in [-0.25, -0.2) is 0 Å². The standard InChI is InChI=1S/C18H23ClN4O2S/c1-12(24)10-17-20-21-18(26-17)23-8-6-22(7-9-23)13(2)14-4-5-15(19)16(11-14)25-3/h4-5,11,13H,6-10H2,1-3H3. The molecule has 0 bridgehead atoms. The van der Waals surface area contributed by atoms with E-state index < -0.39 is 0 Å². The molecular formula is C18H23ClN4O2S. The normalized spacial score (nSPS) is 16.5. The van der Waals surface area contributed by atoms with E-state index in [1.54, 1.807) is 14.0 Å². The van der Waals surface area contributed by atoms with Crippen LogP contribution in [0.5, 0.6) is 5.75 Å². The van der Waals surface area contributed by atoms with Crippen molar-refractivity contribution in [3.05, 3.63) is 33.8 Å². The minimum absolute atomic E-state index is 0.115. The number of nitrogens with zero attached hydrogens (tertiary/aromatic N) is 4. The number of rotatable bonds is 6. The highest BCUT2D eigenvalue weighted by Crippen LogP contribution is 2.31. The number of Topliss-reactive ketones (excluding diaryl/α,β-unsaturated/α-hetero) is 1. The molecule has 8 heteroatoms. The van der Waals surface area contributed by atoms with Crippen LogP contribution in [0.4, 0.5) is 5.13 Å². The van der Waals surface area contributed by atoms with Crippen molar-refractivity contribution in [3.63, 3.8) is 0 Å². The second-order valence-corrected chi connectivity index (χ2v) is 7.90. The SMILES string of the molecule is COc1cc(C(C)N2CCN(c3nnc(CC(C)=O)s3)CC2)ccc1Cl. The molecule has 1 aliphatic rings. The maximum atomic E-state index is 11.2. The van der Waals surface area contributed by atoms with Crippen LogP contribution in [0.1, 0.15) is 30.5 Å². The number of hydrogen-bond acceptors (Lipinski definition) is 7. The minimum atomic E-state index is 0.115. The number of methoxy groups -OCH3 is 1. The Bertz CT molecular complexity index is 774. The van der Waals surface area contributed by atoms with Crippen molar-refractivity contribution in [1.82, 2.24) is 15.1 Å². The Hall–Kier alpha value is -1.70. The van der Waals surface area contributed by atoms with E-state index in [0.717, 1.165) is 36.3 Å². The summed E-state index contributed by atoms with van der Waals surface area (Å²) in [6.45, 7) is 7.44. The smallest absolute Gasteiger partial charge is 0.208 e. The fourth-order valence-corrected chi connectivity index (χ4v) is 4.26. The minimum Gasteiger partial charge on any atom is -0.495 e. The summed E-state index contributed by atoms with van der Waals surface area (Å²) in [5.41, 5.74) is 1.19. The summed E-state index contributed by atoms with van der Waals surface area (Å²) in [4.78, 5) is 15.9. The van der Waals surface area contributed by atoms with Crippen molar-refractivity contribution in [2.45, 2.75) is 26.3 Å². The van der Waals surface area contributed by atoms with Gasteiger partial charge in [0.2, 0.25) is 5.13 Å². The Kier molecular flexibility index (Phi) is 6.11. The van der Waals surface area contributed by atoms with Crippen LogP contribution in [0.3, 0.4) is 0 Å². The summed E-state index contributed by atoms with van der Waals surface area (Å²) in [6.07, 6.45) is 0.368. The van der Waals surface area contributed by atoms with Crippen LogP contribution in [-0.2, 0) is 11.2 Å². The van der Waals surface area contributed by atoms with Crippen LogP contribution in [0.25, 0.3) is 0 Å². The molecule has 0 saturated carbocycles. The fraction of sp³-hybridized carbons (Fsp3) is 0.500. The van der Waals surface area contributed by atoms with Gasteiger partial charge in [0.25, 0.3) is 0 Å². The first kappa shape index (κ1) is 19.1. The largest absolute Gasteiger partial charge is 0.495 e. The first-order valence-corrected chi connectivity index (χ1v) is 9.81. The molecule has 0 radical (unpaired) electrons. The van der Waals surface area contributed by atoms with Gasteiger partial charge in [-0.1, -0.05) is 29.0 Å². The third kappa shape index (κ3) is 4.34. The molecule has 1 aliphatic heterocycles. The zero-order valence-electron chi connectivity index (χ0n) is 15.2. The lowest BCUT2D eigenvalue weighted by atomic mass is 10.1. The molecule has 0 amide bonds. The Balaban J connectivity index is 1.61. The van der Waals surface area contributed by atoms with Crippen LogP contribution < -0.4 is 9.64 Å². The van der Waals surface area contributed by atoms with Crippen molar-refractivity contribution >= 4 is 33.9 Å². The summed E-state index contributed by atoms with van der Waals surface area (Å²) in [7, 11) is 1.64. The van der Waals surface area contributed by atoms with Gasteiger partial charge < -0.3 is 9.64 Å². The quantitative estimate of drug-likeness (QED) is 0.749. The zero-order valence-corrected chi connectivity index (χ0v) is 16.8. The number of benzene rings is 1. The summed E-state index contributed by atoms with van der Waals surface area (Å²) < 4.78 is 5.33. The molecule has 1 saturated heterocycles. The summed E-state index contributed by atoms with van der Waals surface area (Å²) >= 11 is 7.64. The molecule has 1 atom stereocenters. The van der Waals surface area contributed by atoms with E-state index in [-0.39, 0.29) is 11.8 Å². The molecule has 0 N–H and O–H groups in total. The maximum absolute atomic E-state index is 11.2. The third-order valence-corrected chi connectivity index (χ3v) is 5.94. The molecule has 6 nitrogen and oxygen atoms in total. The molecule has 2 heterocycles. The Morgan fingerprint density at radius 3 is 2.69 bits per heavy atom. The van der Waals surface area contributed by atoms with Gasteiger partial charge >= 0.3 is 0 Å². The maximum Gasteiger partial charge on any atom is 0.208 e. The van der Waals surface area contributed by atoms with Gasteiger partial charge in [-0.05, 0) is 31.5 Å². The van der Waals surface area contributed by atoms with Crippen LogP contribution in [0.15, 0.2) is 18.2 Å². The second kappa shape index (κ2) is 8.33. The van der Waals surface area contributed by atoms with E-state index in [2.05, 4.69) is 33.0 Å². The van der Waals surface area contributed by atoms with Crippen molar-refractivity contribution in [1.29, 1.82) is 0 Å². The van der Waals surface area contributed by atoms with Crippen molar-refractivity contribution in [3.8, 4) is 5.75 Å². The summed E-state index contributed by atoms with van der Waals surface area (Å²) in [6, 6.07) is 6.24. The van der Waals surface area contributed by atoms with Gasteiger partial charge in [-0.2, -0.15) is 0 Å². The number of aromatic nitrogens is 2. The average molecular weight is 395 g/mol. The number of ether oxygens (including phenoxy) is 1. The molecule has 26 heavy (non-hydrogen) atoms.